The summed E-state index contributed by atoms with van der Waals surface area (Å²) in [6.45, 7) is 10.6. The van der Waals surface area contributed by atoms with Gasteiger partial charge in [-0.15, -0.1) is 0 Å². The summed E-state index contributed by atoms with van der Waals surface area (Å²) in [5.74, 6) is -0.655. The largest absolute Gasteiger partial charge is 0.481 e. The van der Waals surface area contributed by atoms with Crippen LogP contribution in [0.5, 0.6) is 0 Å². The van der Waals surface area contributed by atoms with Crippen LogP contribution < -0.4 is 5.73 Å². The van der Waals surface area contributed by atoms with Gasteiger partial charge in [0.05, 0.1) is 0 Å². The number of aliphatic carboxylic acids is 1. The molecule has 0 aliphatic carbocycles. The number of hydrogen-bond donors (Lipinski definition) is 2. The molecule has 4 heteroatoms. The van der Waals surface area contributed by atoms with Crippen LogP contribution in [0.3, 0.4) is 0 Å². The minimum atomic E-state index is -0.655. The average Bonchev–Trinajstić information content (AvgIpc) is 2.64. The number of likely N-dealkylation sites (N-methyl/N-ethyl adjacent to an activating group) is 1. The van der Waals surface area contributed by atoms with E-state index in [1.807, 2.05) is 0 Å². The first-order valence-electron chi connectivity index (χ1n) is 11.3. The minimum Gasteiger partial charge on any atom is -0.481 e. The molecule has 3 N–H and O–H groups in total. The van der Waals surface area contributed by atoms with Crippen LogP contribution in [0, 0.1) is 0 Å². The van der Waals surface area contributed by atoms with Gasteiger partial charge in [-0.25, -0.2) is 0 Å². The van der Waals surface area contributed by atoms with E-state index in [1.54, 1.807) is 0 Å². The number of hydrogen-bond acceptors (Lipinski definition) is 3. The van der Waals surface area contributed by atoms with Crippen LogP contribution in [-0.4, -0.2) is 42.2 Å². The van der Waals surface area contributed by atoms with Crippen molar-refractivity contribution in [1.82, 2.24) is 4.90 Å². The summed E-state index contributed by atoms with van der Waals surface area (Å²) >= 11 is 0. The van der Waals surface area contributed by atoms with Gasteiger partial charge in [-0.05, 0) is 19.5 Å². The van der Waals surface area contributed by atoms with Crippen LogP contribution in [0.2, 0.25) is 0 Å². The molecule has 0 spiro atoms. The van der Waals surface area contributed by atoms with Crippen LogP contribution >= 0.6 is 0 Å². The van der Waals surface area contributed by atoms with Gasteiger partial charge in [-0.3, -0.25) is 4.79 Å². The van der Waals surface area contributed by atoms with Crippen molar-refractivity contribution < 1.29 is 9.90 Å². The van der Waals surface area contributed by atoms with Gasteiger partial charge in [0.25, 0.3) is 0 Å². The first kappa shape index (κ1) is 27.6. The molecular formula is C22H48N2O2. The fourth-order valence-corrected chi connectivity index (χ4v) is 3.02. The van der Waals surface area contributed by atoms with Gasteiger partial charge in [0.2, 0.25) is 0 Å². The molecule has 0 rings (SSSR count). The number of unbranched alkanes of at least 4 members (excludes halogenated alkanes) is 12. The fraction of sp³-hybridized carbons (Fsp3) is 0.955. The lowest BCUT2D eigenvalue weighted by molar-refractivity contribution is -0.137. The standard InChI is InChI=1S/C16H32O2.C6H16N2/c1-2-3-4-5-6-7-8-9-10-11-12-13-14-15-16(17)18;1-3-8(4-2)6-5-7/h2-15H2,1H3,(H,17,18);3-7H2,1-2H3. The Bertz CT molecular complexity index is 269. The summed E-state index contributed by atoms with van der Waals surface area (Å²) in [7, 11) is 0. The van der Waals surface area contributed by atoms with Gasteiger partial charge in [-0.2, -0.15) is 0 Å². The normalized spacial score (nSPS) is 10.7. The van der Waals surface area contributed by atoms with E-state index in [0.717, 1.165) is 39.0 Å². The predicted octanol–water partition coefficient (Wildman–Crippen LogP) is 5.84. The molecule has 0 aliphatic rings. The SMILES string of the molecule is CCCCCCCCCCCCCCCC(=O)O.CCN(CC)CCN. The smallest absolute Gasteiger partial charge is 0.303 e. The molecule has 0 heterocycles. The highest BCUT2D eigenvalue weighted by Crippen LogP contribution is 2.12. The summed E-state index contributed by atoms with van der Waals surface area (Å²) in [6, 6.07) is 0. The molecule has 0 fully saturated rings. The molecule has 4 nitrogen and oxygen atoms in total. The van der Waals surface area contributed by atoms with Crippen molar-refractivity contribution >= 4 is 5.97 Å². The van der Waals surface area contributed by atoms with Crippen LogP contribution in [0.1, 0.15) is 111 Å². The van der Waals surface area contributed by atoms with E-state index in [9.17, 15) is 4.79 Å². The molecule has 0 amide bonds. The zero-order chi connectivity index (χ0) is 19.9. The molecule has 0 atom stereocenters. The highest BCUT2D eigenvalue weighted by molar-refractivity contribution is 5.66. The predicted molar refractivity (Wildman–Crippen MR) is 115 cm³/mol. The number of nitrogens with zero attached hydrogens (tertiary/aromatic N) is 1. The lowest BCUT2D eigenvalue weighted by Crippen LogP contribution is -2.28. The van der Waals surface area contributed by atoms with Crippen molar-refractivity contribution in [1.29, 1.82) is 0 Å². The van der Waals surface area contributed by atoms with Gasteiger partial charge in [0.1, 0.15) is 0 Å². The third kappa shape index (κ3) is 25.6. The first-order chi connectivity index (χ1) is 12.6. The number of nitrogens with two attached hydrogens (primary N) is 1. The zero-order valence-electron chi connectivity index (χ0n) is 18.1. The average molecular weight is 373 g/mol. The van der Waals surface area contributed by atoms with Crippen molar-refractivity contribution in [2.24, 2.45) is 5.73 Å². The molecule has 0 saturated heterocycles. The Morgan fingerprint density at radius 2 is 1.12 bits per heavy atom. The molecule has 0 aromatic carbocycles. The van der Waals surface area contributed by atoms with Crippen LogP contribution in [0.15, 0.2) is 0 Å². The van der Waals surface area contributed by atoms with Crippen LogP contribution in [0.25, 0.3) is 0 Å². The third-order valence-electron chi connectivity index (χ3n) is 4.83. The van der Waals surface area contributed by atoms with Crippen LogP contribution in [-0.2, 0) is 4.79 Å². The minimum absolute atomic E-state index is 0.345. The van der Waals surface area contributed by atoms with Crippen molar-refractivity contribution in [3.05, 3.63) is 0 Å². The number of carboxylic acids is 1. The van der Waals surface area contributed by atoms with E-state index < -0.39 is 5.97 Å². The summed E-state index contributed by atoms with van der Waals surface area (Å²) in [4.78, 5) is 12.6. The molecule has 0 radical (unpaired) electrons. The second-order valence-electron chi connectivity index (χ2n) is 7.20. The second kappa shape index (κ2) is 24.4. The van der Waals surface area contributed by atoms with E-state index in [1.165, 1.54) is 70.6 Å². The van der Waals surface area contributed by atoms with E-state index in [-0.39, 0.29) is 0 Å². The monoisotopic (exact) mass is 372 g/mol. The number of carboxylic acid groups (broad SMARTS) is 1. The molecule has 0 saturated carbocycles. The van der Waals surface area contributed by atoms with Gasteiger partial charge in [0.15, 0.2) is 0 Å². The van der Waals surface area contributed by atoms with E-state index in [2.05, 4.69) is 25.7 Å². The maximum Gasteiger partial charge on any atom is 0.303 e. The fourth-order valence-electron chi connectivity index (χ4n) is 3.02. The highest BCUT2D eigenvalue weighted by atomic mass is 16.4. The van der Waals surface area contributed by atoms with Gasteiger partial charge in [-0.1, -0.05) is 97.8 Å². The molecule has 0 unspecified atom stereocenters. The quantitative estimate of drug-likeness (QED) is 0.297. The maximum absolute atomic E-state index is 10.3. The second-order valence-corrected chi connectivity index (χ2v) is 7.20. The molecule has 0 aliphatic heterocycles. The van der Waals surface area contributed by atoms with Crippen molar-refractivity contribution in [3.8, 4) is 0 Å². The number of rotatable bonds is 18. The lowest BCUT2D eigenvalue weighted by atomic mass is 10.0. The Labute approximate surface area is 163 Å². The summed E-state index contributed by atoms with van der Waals surface area (Å²) < 4.78 is 0. The molecule has 26 heavy (non-hydrogen) atoms. The highest BCUT2D eigenvalue weighted by Gasteiger charge is 1.97. The molecule has 0 aromatic heterocycles. The Kier molecular flexibility index (Phi) is 25.9. The number of carbonyl (C=O) groups is 1. The van der Waals surface area contributed by atoms with Gasteiger partial charge in [0, 0.05) is 19.5 Å². The molecule has 0 bridgehead atoms. The molecule has 158 valence electrons. The van der Waals surface area contributed by atoms with Gasteiger partial charge < -0.3 is 15.7 Å². The van der Waals surface area contributed by atoms with Crippen LogP contribution in [0.4, 0.5) is 0 Å². The van der Waals surface area contributed by atoms with E-state index in [0.29, 0.717) is 6.42 Å². The molecular weight excluding hydrogens is 324 g/mol. The zero-order valence-corrected chi connectivity index (χ0v) is 18.1. The summed E-state index contributed by atoms with van der Waals surface area (Å²) in [5, 5.41) is 8.49. The third-order valence-corrected chi connectivity index (χ3v) is 4.83. The Balaban J connectivity index is 0. The first-order valence-corrected chi connectivity index (χ1v) is 11.3. The Morgan fingerprint density at radius 1 is 0.731 bits per heavy atom. The van der Waals surface area contributed by atoms with Crippen molar-refractivity contribution in [3.63, 3.8) is 0 Å². The van der Waals surface area contributed by atoms with Crippen molar-refractivity contribution in [2.75, 3.05) is 26.2 Å². The summed E-state index contributed by atoms with van der Waals surface area (Å²) in [6.07, 6.45) is 17.3. The van der Waals surface area contributed by atoms with Crippen molar-refractivity contribution in [2.45, 2.75) is 111 Å². The lowest BCUT2D eigenvalue weighted by Gasteiger charge is -2.15. The topological polar surface area (TPSA) is 66.6 Å². The maximum atomic E-state index is 10.3. The molecule has 0 aromatic rings. The van der Waals surface area contributed by atoms with E-state index in [4.69, 9.17) is 10.8 Å². The van der Waals surface area contributed by atoms with E-state index >= 15 is 0 Å². The Hall–Kier alpha value is -0.610. The summed E-state index contributed by atoms with van der Waals surface area (Å²) in [5.41, 5.74) is 5.34. The Morgan fingerprint density at radius 3 is 1.38 bits per heavy atom. The van der Waals surface area contributed by atoms with Gasteiger partial charge >= 0.3 is 5.97 Å².